The minimum absolute atomic E-state index is 0.00325. The van der Waals surface area contributed by atoms with E-state index in [9.17, 15) is 26.4 Å². The molecule has 4 nitrogen and oxygen atoms in total. The number of alkyl halides is 3. The lowest BCUT2D eigenvalue weighted by Crippen LogP contribution is -2.20. The number of aryl methyl sites for hydroxylation is 1. The van der Waals surface area contributed by atoms with E-state index < -0.39 is 28.4 Å². The van der Waals surface area contributed by atoms with Gasteiger partial charge in [0.2, 0.25) is 9.84 Å². The zero-order valence-corrected chi connectivity index (χ0v) is 18.6. The molecule has 0 radical (unpaired) electrons. The summed E-state index contributed by atoms with van der Waals surface area (Å²) in [5.74, 6) is -1.66. The van der Waals surface area contributed by atoms with Crippen LogP contribution in [0.2, 0.25) is 0 Å². The predicted molar refractivity (Wildman–Crippen MR) is 119 cm³/mol. The van der Waals surface area contributed by atoms with Crippen molar-refractivity contribution in [2.24, 2.45) is 0 Å². The minimum Gasteiger partial charge on any atom is -0.384 e. The van der Waals surface area contributed by atoms with Gasteiger partial charge in [0.15, 0.2) is 5.78 Å². The van der Waals surface area contributed by atoms with Gasteiger partial charge in [-0.25, -0.2) is 8.42 Å². The number of halogens is 3. The summed E-state index contributed by atoms with van der Waals surface area (Å²) in [6.07, 6.45) is -5.82. The minimum atomic E-state index is -4.59. The van der Waals surface area contributed by atoms with E-state index in [2.05, 4.69) is 5.32 Å². The molecular weight excluding hydrogens is 451 g/mol. The first-order valence-electron chi connectivity index (χ1n) is 10.5. The Morgan fingerprint density at radius 3 is 2.36 bits per heavy atom. The number of nitrogens with one attached hydrogen (secondary N) is 1. The van der Waals surface area contributed by atoms with Gasteiger partial charge in [0.05, 0.1) is 16.2 Å². The van der Waals surface area contributed by atoms with Gasteiger partial charge in [-0.3, -0.25) is 4.79 Å². The van der Waals surface area contributed by atoms with Crippen molar-refractivity contribution in [3.8, 4) is 0 Å². The smallest absolute Gasteiger partial charge is 0.384 e. The molecule has 8 heteroatoms. The number of carbonyl (C=O) groups is 1. The average Bonchev–Trinajstić information content (AvgIpc) is 2.81. The van der Waals surface area contributed by atoms with Crippen LogP contribution in [0, 0.1) is 6.92 Å². The van der Waals surface area contributed by atoms with Gasteiger partial charge in [0, 0.05) is 35.7 Å². The largest absolute Gasteiger partial charge is 0.390 e. The molecule has 1 unspecified atom stereocenters. The fourth-order valence-corrected chi connectivity index (χ4v) is 5.78. The first-order chi connectivity index (χ1) is 15.6. The molecule has 0 saturated carbocycles. The van der Waals surface area contributed by atoms with E-state index in [1.54, 1.807) is 30.3 Å². The molecule has 0 spiro atoms. The van der Waals surface area contributed by atoms with Crippen LogP contribution in [0.15, 0.2) is 76.5 Å². The van der Waals surface area contributed by atoms with E-state index in [4.69, 9.17) is 0 Å². The lowest BCUT2D eigenvalue weighted by Gasteiger charge is -2.26. The fourth-order valence-electron chi connectivity index (χ4n) is 4.24. The van der Waals surface area contributed by atoms with Crippen molar-refractivity contribution in [2.75, 3.05) is 11.9 Å². The lowest BCUT2D eigenvalue weighted by molar-refractivity contribution is -0.136. The van der Waals surface area contributed by atoms with Crippen LogP contribution >= 0.6 is 0 Å². The van der Waals surface area contributed by atoms with Crippen molar-refractivity contribution in [3.63, 3.8) is 0 Å². The molecule has 1 aliphatic rings. The molecule has 33 heavy (non-hydrogen) atoms. The van der Waals surface area contributed by atoms with Gasteiger partial charge in [-0.1, -0.05) is 48.0 Å². The third kappa shape index (κ3) is 4.66. The third-order valence-electron chi connectivity index (χ3n) is 5.78. The van der Waals surface area contributed by atoms with Gasteiger partial charge < -0.3 is 5.32 Å². The molecule has 3 aromatic rings. The number of benzene rings is 3. The van der Waals surface area contributed by atoms with Crippen LogP contribution in [-0.2, 0) is 9.84 Å². The molecule has 0 bridgehead atoms. The number of fused-ring (bicyclic) bond motifs is 2. The van der Waals surface area contributed by atoms with Gasteiger partial charge in [-0.2, -0.15) is 13.2 Å². The summed E-state index contributed by atoms with van der Waals surface area (Å²) in [6, 6.07) is 16.7. The van der Waals surface area contributed by atoms with E-state index in [0.717, 1.165) is 5.56 Å². The average molecular weight is 474 g/mol. The first-order valence-corrected chi connectivity index (χ1v) is 11.9. The van der Waals surface area contributed by atoms with E-state index >= 15 is 0 Å². The number of anilines is 1. The van der Waals surface area contributed by atoms with Gasteiger partial charge >= 0.3 is 6.18 Å². The molecule has 1 atom stereocenters. The number of Topliss-reactive ketones (excluding diaryl/α,β-unsaturated/α-hetero) is 1. The standard InChI is InChI=1S/C25H22F3NO3S/c1-16-9-11-17(12-10-16)33(31,32)23-8-4-7-21-24(23)20(15-25(26,27)28)18-5-2-3-6-19(18)22(30)13-14-29-21/h2-12,20,29H,13-15H2,1H3. The number of ketones is 1. The molecule has 0 aromatic heterocycles. The SMILES string of the molecule is Cc1ccc(S(=O)(=O)c2cccc3c2C(CC(F)(F)F)c2ccccc2C(=O)CCN3)cc1. The maximum atomic E-state index is 13.8. The number of carbonyl (C=O) groups excluding carboxylic acids is 1. The molecule has 0 fully saturated rings. The van der Waals surface area contributed by atoms with Crippen LogP contribution in [0.4, 0.5) is 18.9 Å². The molecule has 0 amide bonds. The van der Waals surface area contributed by atoms with Crippen LogP contribution in [0.3, 0.4) is 0 Å². The highest BCUT2D eigenvalue weighted by atomic mass is 32.2. The normalized spacial score (nSPS) is 16.6. The Kier molecular flexibility index (Phi) is 6.05. The van der Waals surface area contributed by atoms with Gasteiger partial charge in [-0.05, 0) is 36.8 Å². The Morgan fingerprint density at radius 1 is 0.970 bits per heavy atom. The maximum Gasteiger partial charge on any atom is 0.390 e. The summed E-state index contributed by atoms with van der Waals surface area (Å²) in [7, 11) is -4.13. The first kappa shape index (κ1) is 23.0. The molecule has 4 rings (SSSR count). The highest BCUT2D eigenvalue weighted by molar-refractivity contribution is 7.91. The number of hydrogen-bond acceptors (Lipinski definition) is 4. The second kappa shape index (κ2) is 8.67. The quantitative estimate of drug-likeness (QED) is 0.514. The second-order valence-corrected chi connectivity index (χ2v) is 10.0. The van der Waals surface area contributed by atoms with Crippen LogP contribution in [0.5, 0.6) is 0 Å². The van der Waals surface area contributed by atoms with E-state index in [1.165, 1.54) is 36.4 Å². The Bertz CT molecular complexity index is 1300. The maximum absolute atomic E-state index is 13.8. The molecule has 1 aliphatic heterocycles. The molecule has 0 aliphatic carbocycles. The highest BCUT2D eigenvalue weighted by Crippen LogP contribution is 2.44. The summed E-state index contributed by atoms with van der Waals surface area (Å²) in [5.41, 5.74) is 1.53. The predicted octanol–water partition coefficient (Wildman–Crippen LogP) is 5.91. The third-order valence-corrected chi connectivity index (χ3v) is 7.60. The zero-order valence-electron chi connectivity index (χ0n) is 17.8. The second-order valence-electron chi connectivity index (χ2n) is 8.09. The van der Waals surface area contributed by atoms with Crippen molar-refractivity contribution in [2.45, 2.75) is 41.7 Å². The van der Waals surface area contributed by atoms with Crippen LogP contribution < -0.4 is 5.32 Å². The van der Waals surface area contributed by atoms with Crippen molar-refractivity contribution in [1.82, 2.24) is 0 Å². The number of hydrogen-bond donors (Lipinski definition) is 1. The Morgan fingerprint density at radius 2 is 1.67 bits per heavy atom. The molecule has 1 N–H and O–H groups in total. The zero-order chi connectivity index (χ0) is 23.8. The Labute approximate surface area is 190 Å². The van der Waals surface area contributed by atoms with E-state index in [1.807, 2.05) is 6.92 Å². The Balaban J connectivity index is 2.03. The fraction of sp³-hybridized carbons (Fsp3) is 0.240. The molecule has 0 saturated heterocycles. The molecular formula is C25H22F3NO3S. The van der Waals surface area contributed by atoms with Crippen molar-refractivity contribution < 1.29 is 26.4 Å². The Hall–Kier alpha value is -3.13. The molecule has 172 valence electrons. The van der Waals surface area contributed by atoms with Crippen molar-refractivity contribution in [1.29, 1.82) is 0 Å². The van der Waals surface area contributed by atoms with Crippen LogP contribution in [-0.4, -0.2) is 26.9 Å². The topological polar surface area (TPSA) is 63.2 Å². The lowest BCUT2D eigenvalue weighted by atomic mass is 9.83. The van der Waals surface area contributed by atoms with E-state index in [0.29, 0.717) is 0 Å². The highest BCUT2D eigenvalue weighted by Gasteiger charge is 2.39. The number of sulfone groups is 1. The van der Waals surface area contributed by atoms with Gasteiger partial charge in [-0.15, -0.1) is 0 Å². The monoisotopic (exact) mass is 473 g/mol. The van der Waals surface area contributed by atoms with Crippen LogP contribution in [0.1, 0.15) is 45.8 Å². The van der Waals surface area contributed by atoms with Crippen LogP contribution in [0.25, 0.3) is 0 Å². The summed E-state index contributed by atoms with van der Waals surface area (Å²) in [6.45, 7) is 1.99. The number of rotatable bonds is 3. The summed E-state index contributed by atoms with van der Waals surface area (Å²) < 4.78 is 68.6. The summed E-state index contributed by atoms with van der Waals surface area (Å²) >= 11 is 0. The summed E-state index contributed by atoms with van der Waals surface area (Å²) in [5, 5.41) is 3.01. The van der Waals surface area contributed by atoms with Crippen molar-refractivity contribution >= 4 is 21.3 Å². The van der Waals surface area contributed by atoms with Gasteiger partial charge in [0.25, 0.3) is 0 Å². The van der Waals surface area contributed by atoms with E-state index in [-0.39, 0.29) is 50.9 Å². The summed E-state index contributed by atoms with van der Waals surface area (Å²) in [4.78, 5) is 12.6. The molecule has 3 aromatic carbocycles. The molecule has 1 heterocycles. The van der Waals surface area contributed by atoms with Gasteiger partial charge in [0.1, 0.15) is 0 Å². The van der Waals surface area contributed by atoms with Crippen molar-refractivity contribution in [3.05, 3.63) is 89.0 Å².